The zero-order chi connectivity index (χ0) is 13.9. The second-order valence-corrected chi connectivity index (χ2v) is 5.34. The molecule has 0 amide bonds. The lowest BCUT2D eigenvalue weighted by Crippen LogP contribution is -2.45. The van der Waals surface area contributed by atoms with E-state index >= 15 is 0 Å². The Morgan fingerprint density at radius 3 is 2.85 bits per heavy atom. The van der Waals surface area contributed by atoms with Crippen molar-refractivity contribution in [3.63, 3.8) is 0 Å². The minimum atomic E-state index is 0.214. The van der Waals surface area contributed by atoms with Crippen LogP contribution in [0.1, 0.15) is 22.8 Å². The zero-order valence-electron chi connectivity index (χ0n) is 11.9. The van der Waals surface area contributed by atoms with Crippen molar-refractivity contribution in [3.05, 3.63) is 35.5 Å². The Kier molecular flexibility index (Phi) is 3.85. The van der Waals surface area contributed by atoms with Gasteiger partial charge in [-0.25, -0.2) is 0 Å². The van der Waals surface area contributed by atoms with Crippen molar-refractivity contribution >= 4 is 16.7 Å². The molecule has 0 bridgehead atoms. The number of benzene rings is 1. The molecule has 0 saturated carbocycles. The van der Waals surface area contributed by atoms with Crippen LogP contribution in [-0.4, -0.2) is 48.4 Å². The van der Waals surface area contributed by atoms with Crippen LogP contribution in [0.25, 0.3) is 10.9 Å². The van der Waals surface area contributed by atoms with Gasteiger partial charge in [-0.05, 0) is 12.0 Å². The van der Waals surface area contributed by atoms with Gasteiger partial charge in [0.05, 0.1) is 6.54 Å². The molecule has 0 aliphatic carbocycles. The lowest BCUT2D eigenvalue weighted by atomic mass is 10.0. The number of carbonyl (C=O) groups excluding carboxylic acids is 1. The summed E-state index contributed by atoms with van der Waals surface area (Å²) in [6.45, 7) is 6.51. The van der Waals surface area contributed by atoms with Crippen LogP contribution in [0.2, 0.25) is 0 Å². The van der Waals surface area contributed by atoms with Gasteiger partial charge in [-0.15, -0.1) is 0 Å². The van der Waals surface area contributed by atoms with Crippen LogP contribution in [0.3, 0.4) is 0 Å². The molecule has 0 radical (unpaired) electrons. The first-order chi connectivity index (χ1) is 9.79. The molecule has 2 heterocycles. The molecule has 0 atom stereocenters. The molecule has 1 aliphatic heterocycles. The topological polar surface area (TPSA) is 48.1 Å². The number of nitrogens with one attached hydrogen (secondary N) is 2. The summed E-state index contributed by atoms with van der Waals surface area (Å²) in [7, 11) is 0. The molecule has 2 aromatic rings. The molecule has 2 N–H and O–H groups in total. The van der Waals surface area contributed by atoms with Crippen molar-refractivity contribution in [1.29, 1.82) is 0 Å². The third-order valence-corrected chi connectivity index (χ3v) is 4.06. The molecular weight excluding hydrogens is 250 g/mol. The number of Topliss-reactive ketones (excluding diaryl/α,β-unsaturated/α-hetero) is 1. The van der Waals surface area contributed by atoms with Gasteiger partial charge < -0.3 is 10.3 Å². The molecule has 0 unspecified atom stereocenters. The van der Waals surface area contributed by atoms with E-state index in [0.717, 1.165) is 49.1 Å². The molecule has 4 nitrogen and oxygen atoms in total. The summed E-state index contributed by atoms with van der Waals surface area (Å²) < 4.78 is 0. The van der Waals surface area contributed by atoms with Crippen LogP contribution >= 0.6 is 0 Å². The van der Waals surface area contributed by atoms with Gasteiger partial charge in [0.25, 0.3) is 0 Å². The largest absolute Gasteiger partial charge is 0.360 e. The van der Waals surface area contributed by atoms with E-state index in [1.54, 1.807) is 0 Å². The van der Waals surface area contributed by atoms with Gasteiger partial charge in [0, 0.05) is 48.8 Å². The summed E-state index contributed by atoms with van der Waals surface area (Å²) in [4.78, 5) is 18.0. The quantitative estimate of drug-likeness (QED) is 0.834. The van der Waals surface area contributed by atoms with Crippen LogP contribution in [0, 0.1) is 0 Å². The van der Waals surface area contributed by atoms with Crippen molar-refractivity contribution in [2.24, 2.45) is 0 Å². The number of hydrogen-bond donors (Lipinski definition) is 2. The lowest BCUT2D eigenvalue weighted by Gasteiger charge is -2.26. The molecule has 1 aromatic heterocycles. The van der Waals surface area contributed by atoms with Crippen LogP contribution in [0.4, 0.5) is 0 Å². The van der Waals surface area contributed by atoms with Gasteiger partial charge in [-0.3, -0.25) is 9.69 Å². The van der Waals surface area contributed by atoms with Gasteiger partial charge in [0.2, 0.25) is 0 Å². The number of fused-ring (bicyclic) bond motifs is 1. The summed E-state index contributed by atoms with van der Waals surface area (Å²) in [6, 6.07) is 6.19. The summed E-state index contributed by atoms with van der Waals surface area (Å²) in [5.74, 6) is 0.214. The van der Waals surface area contributed by atoms with Crippen molar-refractivity contribution in [1.82, 2.24) is 15.2 Å². The number of rotatable bonds is 4. The first-order valence-electron chi connectivity index (χ1n) is 7.35. The normalized spacial score (nSPS) is 16.6. The van der Waals surface area contributed by atoms with Gasteiger partial charge >= 0.3 is 0 Å². The number of aryl methyl sites for hydroxylation is 1. The predicted molar refractivity (Wildman–Crippen MR) is 81.3 cm³/mol. The first-order valence-corrected chi connectivity index (χ1v) is 7.35. The number of para-hydroxylation sites is 1. The van der Waals surface area contributed by atoms with Gasteiger partial charge in [0.1, 0.15) is 0 Å². The lowest BCUT2D eigenvalue weighted by molar-refractivity contribution is 0.0923. The highest BCUT2D eigenvalue weighted by Crippen LogP contribution is 2.22. The van der Waals surface area contributed by atoms with Crippen LogP contribution in [0.15, 0.2) is 24.4 Å². The van der Waals surface area contributed by atoms with Crippen molar-refractivity contribution in [2.45, 2.75) is 13.3 Å². The number of nitrogens with zero attached hydrogens (tertiary/aromatic N) is 1. The molecule has 1 fully saturated rings. The van der Waals surface area contributed by atoms with E-state index in [9.17, 15) is 4.79 Å². The highest BCUT2D eigenvalue weighted by Gasteiger charge is 2.18. The minimum Gasteiger partial charge on any atom is -0.360 e. The van der Waals surface area contributed by atoms with Crippen LogP contribution < -0.4 is 5.32 Å². The van der Waals surface area contributed by atoms with E-state index in [1.165, 1.54) is 5.56 Å². The Morgan fingerprint density at radius 2 is 2.10 bits per heavy atom. The summed E-state index contributed by atoms with van der Waals surface area (Å²) >= 11 is 0. The molecule has 20 heavy (non-hydrogen) atoms. The van der Waals surface area contributed by atoms with E-state index < -0.39 is 0 Å². The van der Waals surface area contributed by atoms with Crippen LogP contribution in [0.5, 0.6) is 0 Å². The molecule has 1 aromatic carbocycles. The monoisotopic (exact) mass is 271 g/mol. The highest BCUT2D eigenvalue weighted by molar-refractivity contribution is 6.09. The number of aromatic nitrogens is 1. The summed E-state index contributed by atoms with van der Waals surface area (Å²) in [5, 5.41) is 4.37. The maximum absolute atomic E-state index is 12.5. The maximum atomic E-state index is 12.5. The first kappa shape index (κ1) is 13.3. The van der Waals surface area contributed by atoms with E-state index in [4.69, 9.17) is 0 Å². The van der Waals surface area contributed by atoms with Crippen molar-refractivity contribution in [3.8, 4) is 0 Å². The Morgan fingerprint density at radius 1 is 1.30 bits per heavy atom. The number of H-pyrrole nitrogens is 1. The second-order valence-electron chi connectivity index (χ2n) is 5.34. The molecule has 106 valence electrons. The fraction of sp³-hybridized carbons (Fsp3) is 0.438. The fourth-order valence-electron chi connectivity index (χ4n) is 2.90. The maximum Gasteiger partial charge on any atom is 0.178 e. The molecule has 0 spiro atoms. The number of aromatic amines is 1. The van der Waals surface area contributed by atoms with E-state index in [-0.39, 0.29) is 5.78 Å². The Hall–Kier alpha value is -1.65. The molecule has 4 heteroatoms. The molecule has 1 saturated heterocycles. The van der Waals surface area contributed by atoms with Crippen molar-refractivity contribution in [2.75, 3.05) is 32.7 Å². The average molecular weight is 271 g/mol. The van der Waals surface area contributed by atoms with Crippen molar-refractivity contribution < 1.29 is 4.79 Å². The predicted octanol–water partition coefficient (Wildman–Crippen LogP) is 1.82. The average Bonchev–Trinajstić information content (AvgIpc) is 2.92. The number of carbonyl (C=O) groups is 1. The summed E-state index contributed by atoms with van der Waals surface area (Å²) in [6.07, 6.45) is 2.84. The van der Waals surface area contributed by atoms with E-state index in [2.05, 4.69) is 28.2 Å². The molecular formula is C16H21N3O. The minimum absolute atomic E-state index is 0.214. The van der Waals surface area contributed by atoms with E-state index in [0.29, 0.717) is 6.54 Å². The van der Waals surface area contributed by atoms with Gasteiger partial charge in [0.15, 0.2) is 5.78 Å². The van der Waals surface area contributed by atoms with Gasteiger partial charge in [-0.2, -0.15) is 0 Å². The number of piperazine rings is 1. The third-order valence-electron chi connectivity index (χ3n) is 4.06. The second kappa shape index (κ2) is 5.77. The Bertz CT molecular complexity index is 611. The number of ketones is 1. The standard InChI is InChI=1S/C16H21N3O/c1-2-12-4-3-5-13-14(10-18-16(12)13)15(20)11-19-8-6-17-7-9-19/h3-5,10,17-18H,2,6-9,11H2,1H3. The van der Waals surface area contributed by atoms with Crippen LogP contribution in [-0.2, 0) is 6.42 Å². The molecule has 1 aliphatic rings. The smallest absolute Gasteiger partial charge is 0.178 e. The molecule has 3 rings (SSSR count). The van der Waals surface area contributed by atoms with Gasteiger partial charge in [-0.1, -0.05) is 25.1 Å². The number of hydrogen-bond acceptors (Lipinski definition) is 3. The zero-order valence-corrected chi connectivity index (χ0v) is 11.9. The Labute approximate surface area is 119 Å². The Balaban J connectivity index is 1.84. The third kappa shape index (κ3) is 2.49. The summed E-state index contributed by atoms with van der Waals surface area (Å²) in [5.41, 5.74) is 3.20. The SMILES string of the molecule is CCc1cccc2c(C(=O)CN3CCNCC3)c[nH]c12. The highest BCUT2D eigenvalue weighted by atomic mass is 16.1. The fourth-order valence-corrected chi connectivity index (χ4v) is 2.90. The van der Waals surface area contributed by atoms with E-state index in [1.807, 2.05) is 18.3 Å².